The van der Waals surface area contributed by atoms with Gasteiger partial charge in [-0.3, -0.25) is 4.99 Å². The minimum Gasteiger partial charge on any atom is -0.370 e. The van der Waals surface area contributed by atoms with E-state index in [2.05, 4.69) is 37.0 Å². The average Bonchev–Trinajstić information content (AvgIpc) is 2.25. The quantitative estimate of drug-likeness (QED) is 0.438. The number of aliphatic imine (C=N–C) groups is 1. The highest BCUT2D eigenvalue weighted by Gasteiger charge is 2.23. The third kappa shape index (κ3) is 4.68. The van der Waals surface area contributed by atoms with Crippen molar-refractivity contribution in [2.24, 2.45) is 16.1 Å². The van der Waals surface area contributed by atoms with Gasteiger partial charge in [-0.2, -0.15) is 0 Å². The maximum absolute atomic E-state index is 5.92. The molecule has 1 unspecified atom stereocenters. The molecule has 1 atom stereocenters. The second kappa shape index (κ2) is 5.95. The third-order valence-corrected chi connectivity index (χ3v) is 3.22. The molecule has 1 rings (SSSR count). The Balaban J connectivity index is 2.55. The summed E-state index contributed by atoms with van der Waals surface area (Å²) in [6.45, 7) is 6.29. The number of hydrogen-bond donors (Lipinski definition) is 2. The van der Waals surface area contributed by atoms with Gasteiger partial charge in [-0.1, -0.05) is 46.0 Å². The molecular weight excluding hydrogens is 210 g/mol. The molecule has 0 aromatic carbocycles. The van der Waals surface area contributed by atoms with Gasteiger partial charge in [0.05, 0.1) is 12.1 Å². The van der Waals surface area contributed by atoms with E-state index in [9.17, 15) is 0 Å². The zero-order valence-electron chi connectivity index (χ0n) is 11.3. The first-order valence-corrected chi connectivity index (χ1v) is 6.49. The van der Waals surface area contributed by atoms with Crippen molar-refractivity contribution in [2.45, 2.75) is 65.0 Å². The Kier molecular flexibility index (Phi) is 4.86. The Bertz CT molecular complexity index is 300. The number of nitrogens with one attached hydrogen (secondary N) is 1. The van der Waals surface area contributed by atoms with Crippen LogP contribution in [0.3, 0.4) is 0 Å². The normalized spacial score (nSPS) is 20.7. The summed E-state index contributed by atoms with van der Waals surface area (Å²) >= 11 is 0. The Hall–Kier alpha value is -1.17. The second-order valence-corrected chi connectivity index (χ2v) is 5.92. The van der Waals surface area contributed by atoms with Gasteiger partial charge >= 0.3 is 0 Å². The molecular formula is C14H25N3. The highest BCUT2D eigenvalue weighted by molar-refractivity contribution is 5.78. The molecule has 17 heavy (non-hydrogen) atoms. The van der Waals surface area contributed by atoms with E-state index >= 15 is 0 Å². The summed E-state index contributed by atoms with van der Waals surface area (Å²) in [5, 5.41) is 3.15. The fourth-order valence-corrected chi connectivity index (χ4v) is 2.10. The smallest absolute Gasteiger partial charge is 0.189 e. The lowest BCUT2D eigenvalue weighted by atomic mass is 9.87. The van der Waals surface area contributed by atoms with E-state index in [1.807, 2.05) is 0 Å². The Labute approximate surface area is 105 Å². The highest BCUT2D eigenvalue weighted by Crippen LogP contribution is 2.21. The van der Waals surface area contributed by atoms with E-state index in [0.29, 0.717) is 12.0 Å². The van der Waals surface area contributed by atoms with Crippen molar-refractivity contribution >= 4 is 5.96 Å². The van der Waals surface area contributed by atoms with E-state index in [0.717, 1.165) is 12.8 Å². The maximum atomic E-state index is 5.92. The highest BCUT2D eigenvalue weighted by atomic mass is 15.1. The maximum Gasteiger partial charge on any atom is 0.189 e. The van der Waals surface area contributed by atoms with Crippen molar-refractivity contribution in [1.82, 2.24) is 5.32 Å². The molecule has 0 amide bonds. The van der Waals surface area contributed by atoms with Gasteiger partial charge in [0.1, 0.15) is 0 Å². The van der Waals surface area contributed by atoms with Crippen LogP contribution in [-0.2, 0) is 0 Å². The van der Waals surface area contributed by atoms with Gasteiger partial charge in [-0.25, -0.2) is 0 Å². The van der Waals surface area contributed by atoms with Crippen LogP contribution in [-0.4, -0.2) is 18.0 Å². The van der Waals surface area contributed by atoms with Crippen LogP contribution in [0.5, 0.6) is 0 Å². The Morgan fingerprint density at radius 1 is 1.35 bits per heavy atom. The molecule has 3 nitrogen and oxygen atoms in total. The zero-order valence-corrected chi connectivity index (χ0v) is 11.3. The van der Waals surface area contributed by atoms with Crippen molar-refractivity contribution in [1.29, 1.82) is 0 Å². The fourth-order valence-electron chi connectivity index (χ4n) is 2.10. The lowest BCUT2D eigenvalue weighted by molar-refractivity contribution is 0.350. The molecule has 1 aliphatic rings. The Morgan fingerprint density at radius 3 is 2.41 bits per heavy atom. The first-order chi connectivity index (χ1) is 7.93. The van der Waals surface area contributed by atoms with Crippen LogP contribution in [0, 0.1) is 17.8 Å². The van der Waals surface area contributed by atoms with Gasteiger partial charge in [0, 0.05) is 0 Å². The molecule has 0 spiro atoms. The van der Waals surface area contributed by atoms with Crippen molar-refractivity contribution in [3.05, 3.63) is 0 Å². The van der Waals surface area contributed by atoms with Crippen molar-refractivity contribution < 1.29 is 0 Å². The minimum absolute atomic E-state index is 0.0124. The number of nitrogens with zero attached hydrogens (tertiary/aromatic N) is 1. The SMILES string of the molecule is C#CC(NC(N)=NC1CCCCC1)C(C)(C)C. The summed E-state index contributed by atoms with van der Waals surface area (Å²) in [5.41, 5.74) is 5.91. The molecule has 1 aliphatic carbocycles. The van der Waals surface area contributed by atoms with Crippen molar-refractivity contribution in [3.63, 3.8) is 0 Å². The molecule has 0 aliphatic heterocycles. The van der Waals surface area contributed by atoms with Gasteiger partial charge in [-0.15, -0.1) is 6.42 Å². The Morgan fingerprint density at radius 2 is 1.94 bits per heavy atom. The van der Waals surface area contributed by atoms with E-state index in [4.69, 9.17) is 12.2 Å². The number of hydrogen-bond acceptors (Lipinski definition) is 1. The molecule has 3 heteroatoms. The van der Waals surface area contributed by atoms with E-state index in [1.54, 1.807) is 0 Å². The molecule has 0 aromatic rings. The topological polar surface area (TPSA) is 50.4 Å². The van der Waals surface area contributed by atoms with Crippen LogP contribution in [0.1, 0.15) is 52.9 Å². The molecule has 0 bridgehead atoms. The second-order valence-electron chi connectivity index (χ2n) is 5.92. The summed E-state index contributed by atoms with van der Waals surface area (Å²) in [7, 11) is 0. The van der Waals surface area contributed by atoms with Gasteiger partial charge in [0.2, 0.25) is 0 Å². The van der Waals surface area contributed by atoms with Crippen LogP contribution < -0.4 is 11.1 Å². The fraction of sp³-hybridized carbons (Fsp3) is 0.786. The summed E-state index contributed by atoms with van der Waals surface area (Å²) in [6.07, 6.45) is 11.7. The number of rotatable bonds is 2. The monoisotopic (exact) mass is 235 g/mol. The lowest BCUT2D eigenvalue weighted by Gasteiger charge is -2.28. The summed E-state index contributed by atoms with van der Waals surface area (Å²) in [4.78, 5) is 4.53. The molecule has 0 saturated heterocycles. The first-order valence-electron chi connectivity index (χ1n) is 6.49. The number of terminal acetylenes is 1. The average molecular weight is 235 g/mol. The van der Waals surface area contributed by atoms with Crippen molar-refractivity contribution in [3.8, 4) is 12.3 Å². The van der Waals surface area contributed by atoms with Crippen LogP contribution in [0.15, 0.2) is 4.99 Å². The van der Waals surface area contributed by atoms with E-state index in [1.165, 1.54) is 19.3 Å². The van der Waals surface area contributed by atoms with Gasteiger partial charge < -0.3 is 11.1 Å². The predicted octanol–water partition coefficient (Wildman–Crippen LogP) is 2.27. The molecule has 1 fully saturated rings. The van der Waals surface area contributed by atoms with Gasteiger partial charge in [0.15, 0.2) is 5.96 Å². The van der Waals surface area contributed by atoms with Crippen LogP contribution in [0.25, 0.3) is 0 Å². The molecule has 3 N–H and O–H groups in total. The van der Waals surface area contributed by atoms with Crippen molar-refractivity contribution in [2.75, 3.05) is 0 Å². The molecule has 0 aromatic heterocycles. The number of guanidine groups is 1. The van der Waals surface area contributed by atoms with Crippen LogP contribution in [0.4, 0.5) is 0 Å². The molecule has 0 radical (unpaired) electrons. The number of nitrogens with two attached hydrogens (primary N) is 1. The van der Waals surface area contributed by atoms with E-state index < -0.39 is 0 Å². The third-order valence-electron chi connectivity index (χ3n) is 3.22. The first kappa shape index (κ1) is 13.9. The standard InChI is InChI=1S/C14H25N3/c1-5-12(14(2,3)4)17-13(15)16-11-9-7-6-8-10-11/h1,11-12H,6-10H2,2-4H3,(H3,15,16,17). The summed E-state index contributed by atoms with van der Waals surface area (Å²) in [6, 6.07) is 0.310. The minimum atomic E-state index is -0.0742. The molecule has 96 valence electrons. The largest absolute Gasteiger partial charge is 0.370 e. The zero-order chi connectivity index (χ0) is 12.9. The van der Waals surface area contributed by atoms with Gasteiger partial charge in [0.25, 0.3) is 0 Å². The van der Waals surface area contributed by atoms with Crippen LogP contribution in [0.2, 0.25) is 0 Å². The van der Waals surface area contributed by atoms with Gasteiger partial charge in [-0.05, 0) is 18.3 Å². The van der Waals surface area contributed by atoms with Crippen LogP contribution >= 0.6 is 0 Å². The molecule has 1 saturated carbocycles. The summed E-state index contributed by atoms with van der Waals surface area (Å²) in [5.74, 6) is 3.23. The lowest BCUT2D eigenvalue weighted by Crippen LogP contribution is -2.46. The summed E-state index contributed by atoms with van der Waals surface area (Å²) < 4.78 is 0. The predicted molar refractivity (Wildman–Crippen MR) is 73.7 cm³/mol. The molecule has 0 heterocycles. The van der Waals surface area contributed by atoms with E-state index in [-0.39, 0.29) is 11.5 Å².